The second-order valence-electron chi connectivity index (χ2n) is 2.45. The zero-order chi connectivity index (χ0) is 8.85. The van der Waals surface area contributed by atoms with E-state index in [0.717, 1.165) is 0 Å². The van der Waals surface area contributed by atoms with Gasteiger partial charge >= 0.3 is 0 Å². The summed E-state index contributed by atoms with van der Waals surface area (Å²) in [5.41, 5.74) is 0. The van der Waals surface area contributed by atoms with E-state index in [9.17, 15) is 9.59 Å². The molecule has 1 unspecified atom stereocenters. The van der Waals surface area contributed by atoms with E-state index in [2.05, 4.69) is 0 Å². The van der Waals surface area contributed by atoms with Crippen LogP contribution in [0.25, 0.3) is 0 Å². The molecule has 0 aliphatic rings. The summed E-state index contributed by atoms with van der Waals surface area (Å²) < 4.78 is 0. The highest BCUT2D eigenvalue weighted by atomic mass is 35.5. The monoisotopic (exact) mass is 196 g/mol. The Morgan fingerprint density at radius 2 is 1.91 bits per heavy atom. The lowest BCUT2D eigenvalue weighted by atomic mass is 10.1. The van der Waals surface area contributed by atoms with Gasteiger partial charge in [0.05, 0.1) is 0 Å². The molecule has 2 nitrogen and oxygen atoms in total. The van der Waals surface area contributed by atoms with E-state index in [1.165, 1.54) is 0 Å². The summed E-state index contributed by atoms with van der Waals surface area (Å²) in [5.74, 6) is -0.173. The summed E-state index contributed by atoms with van der Waals surface area (Å²) >= 11 is 10.3. The van der Waals surface area contributed by atoms with Crippen molar-refractivity contribution >= 4 is 33.7 Å². The molecule has 0 saturated heterocycles. The molecule has 4 heteroatoms. The molecule has 1 atom stereocenters. The van der Waals surface area contributed by atoms with Crippen molar-refractivity contribution in [1.82, 2.24) is 0 Å². The highest BCUT2D eigenvalue weighted by Crippen LogP contribution is 2.11. The average molecular weight is 197 g/mol. The van der Waals surface area contributed by atoms with Crippen molar-refractivity contribution in [3.63, 3.8) is 0 Å². The Balaban J connectivity index is 3.39. The first-order chi connectivity index (χ1) is 5.04. The molecule has 0 aromatic rings. The largest absolute Gasteiger partial charge is 0.281 e. The van der Waals surface area contributed by atoms with Crippen LogP contribution in [0.15, 0.2) is 0 Å². The molecule has 0 saturated carbocycles. The van der Waals surface area contributed by atoms with Crippen molar-refractivity contribution in [2.75, 3.05) is 0 Å². The number of carbonyl (C=O) groups excluding carboxylic acids is 2. The van der Waals surface area contributed by atoms with Gasteiger partial charge in [-0.15, -0.1) is 0 Å². The van der Waals surface area contributed by atoms with Gasteiger partial charge in [-0.3, -0.25) is 9.59 Å². The fourth-order valence-corrected chi connectivity index (χ4v) is 0.903. The third-order valence-electron chi connectivity index (χ3n) is 1.40. The highest BCUT2D eigenvalue weighted by molar-refractivity contribution is 6.64. The molecule has 0 heterocycles. The van der Waals surface area contributed by atoms with Gasteiger partial charge in [0.1, 0.15) is 0 Å². The third kappa shape index (κ3) is 6.32. The smallest absolute Gasteiger partial charge is 0.224 e. The van der Waals surface area contributed by atoms with Crippen LogP contribution < -0.4 is 0 Å². The van der Waals surface area contributed by atoms with E-state index < -0.39 is 0 Å². The molecular formula is C7H10Cl2O2. The van der Waals surface area contributed by atoms with Crippen molar-refractivity contribution in [1.29, 1.82) is 0 Å². The molecule has 0 aromatic heterocycles. The fourth-order valence-electron chi connectivity index (χ4n) is 0.661. The first-order valence-corrected chi connectivity index (χ1v) is 4.17. The molecule has 0 amide bonds. The van der Waals surface area contributed by atoms with Crippen molar-refractivity contribution in [3.8, 4) is 0 Å². The van der Waals surface area contributed by atoms with Gasteiger partial charge in [0.15, 0.2) is 0 Å². The average Bonchev–Trinajstić information content (AvgIpc) is 1.86. The lowest BCUT2D eigenvalue weighted by molar-refractivity contribution is -0.115. The van der Waals surface area contributed by atoms with Crippen LogP contribution in [0, 0.1) is 5.92 Å². The Bertz CT molecular complexity index is 157. The highest BCUT2D eigenvalue weighted by Gasteiger charge is 2.09. The normalized spacial score (nSPS) is 12.6. The second-order valence-corrected chi connectivity index (χ2v) is 3.25. The summed E-state index contributed by atoms with van der Waals surface area (Å²) in [6.45, 7) is 1.73. The Kier molecular flexibility index (Phi) is 5.51. The minimum Gasteiger partial charge on any atom is -0.281 e. The SMILES string of the molecule is CC(CCCC(=O)Cl)C(=O)Cl. The molecule has 0 aromatic carbocycles. The number of hydrogen-bond acceptors (Lipinski definition) is 2. The van der Waals surface area contributed by atoms with E-state index in [4.69, 9.17) is 23.2 Å². The summed E-state index contributed by atoms with van der Waals surface area (Å²) in [4.78, 5) is 20.7. The van der Waals surface area contributed by atoms with Gasteiger partial charge in [-0.05, 0) is 36.0 Å². The molecule has 0 aliphatic carbocycles. The lowest BCUT2D eigenvalue weighted by Gasteiger charge is -2.02. The molecule has 0 spiro atoms. The molecule has 0 aliphatic heterocycles. The van der Waals surface area contributed by atoms with Crippen molar-refractivity contribution in [2.24, 2.45) is 5.92 Å². The minimum absolute atomic E-state index is 0.173. The van der Waals surface area contributed by atoms with Crippen LogP contribution in [0.5, 0.6) is 0 Å². The van der Waals surface area contributed by atoms with Gasteiger partial charge in [0.2, 0.25) is 10.5 Å². The van der Waals surface area contributed by atoms with E-state index in [-0.39, 0.29) is 16.4 Å². The molecule has 11 heavy (non-hydrogen) atoms. The topological polar surface area (TPSA) is 34.1 Å². The standard InChI is InChI=1S/C7H10Cl2O2/c1-5(7(9)11)3-2-4-6(8)10/h5H,2-4H2,1H3. The number of halogens is 2. The predicted octanol–water partition coefficient (Wildman–Crippen LogP) is 2.32. The Morgan fingerprint density at radius 1 is 1.36 bits per heavy atom. The van der Waals surface area contributed by atoms with Crippen LogP contribution in [0.2, 0.25) is 0 Å². The Labute approximate surface area is 75.9 Å². The maximum Gasteiger partial charge on any atom is 0.224 e. The second kappa shape index (κ2) is 5.56. The molecule has 64 valence electrons. The first-order valence-electron chi connectivity index (χ1n) is 3.41. The molecule has 0 fully saturated rings. The Hall–Kier alpha value is -0.0800. The van der Waals surface area contributed by atoms with Gasteiger partial charge in [0.25, 0.3) is 0 Å². The predicted molar refractivity (Wildman–Crippen MR) is 44.7 cm³/mol. The minimum atomic E-state index is -0.362. The third-order valence-corrected chi connectivity index (χ3v) is 1.96. The van der Waals surface area contributed by atoms with Crippen LogP contribution >= 0.6 is 23.2 Å². The summed E-state index contributed by atoms with van der Waals surface area (Å²) in [6, 6.07) is 0. The summed E-state index contributed by atoms with van der Waals surface area (Å²) in [7, 11) is 0. The summed E-state index contributed by atoms with van der Waals surface area (Å²) in [5, 5.41) is -0.716. The van der Waals surface area contributed by atoms with Gasteiger partial charge in [-0.2, -0.15) is 0 Å². The lowest BCUT2D eigenvalue weighted by Crippen LogP contribution is -2.03. The summed E-state index contributed by atoms with van der Waals surface area (Å²) in [6.07, 6.45) is 1.57. The van der Waals surface area contributed by atoms with Crippen LogP contribution in [-0.4, -0.2) is 10.5 Å². The van der Waals surface area contributed by atoms with Crippen LogP contribution in [0.3, 0.4) is 0 Å². The fraction of sp³-hybridized carbons (Fsp3) is 0.714. The van der Waals surface area contributed by atoms with Crippen molar-refractivity contribution in [3.05, 3.63) is 0 Å². The van der Waals surface area contributed by atoms with Crippen LogP contribution in [0.1, 0.15) is 26.2 Å². The molecule has 0 N–H and O–H groups in total. The zero-order valence-corrected chi connectivity index (χ0v) is 7.78. The molecule has 0 radical (unpaired) electrons. The molecular weight excluding hydrogens is 187 g/mol. The maximum atomic E-state index is 10.5. The number of hydrogen-bond donors (Lipinski definition) is 0. The van der Waals surface area contributed by atoms with Gasteiger partial charge in [-0.1, -0.05) is 6.92 Å². The maximum absolute atomic E-state index is 10.5. The Morgan fingerprint density at radius 3 is 2.27 bits per heavy atom. The van der Waals surface area contributed by atoms with Gasteiger partial charge in [-0.25, -0.2) is 0 Å². The van der Waals surface area contributed by atoms with E-state index in [1.807, 2.05) is 0 Å². The van der Waals surface area contributed by atoms with E-state index in [1.54, 1.807) is 6.92 Å². The number of rotatable bonds is 5. The van der Waals surface area contributed by atoms with Gasteiger partial charge in [0, 0.05) is 12.3 Å². The van der Waals surface area contributed by atoms with Crippen molar-refractivity contribution in [2.45, 2.75) is 26.2 Å². The van der Waals surface area contributed by atoms with Crippen LogP contribution in [0.4, 0.5) is 0 Å². The van der Waals surface area contributed by atoms with Crippen molar-refractivity contribution < 1.29 is 9.59 Å². The van der Waals surface area contributed by atoms with E-state index in [0.29, 0.717) is 19.3 Å². The van der Waals surface area contributed by atoms with Crippen LogP contribution in [-0.2, 0) is 9.59 Å². The molecule has 0 bridgehead atoms. The van der Waals surface area contributed by atoms with Gasteiger partial charge < -0.3 is 0 Å². The number of carbonyl (C=O) groups is 2. The molecule has 0 rings (SSSR count). The zero-order valence-electron chi connectivity index (χ0n) is 6.27. The quantitative estimate of drug-likeness (QED) is 0.633. The van der Waals surface area contributed by atoms with E-state index >= 15 is 0 Å². The first kappa shape index (κ1) is 10.9.